The van der Waals surface area contributed by atoms with Crippen molar-refractivity contribution in [1.29, 1.82) is 0 Å². The number of esters is 1. The van der Waals surface area contributed by atoms with Gasteiger partial charge in [-0.15, -0.1) is 0 Å². The van der Waals surface area contributed by atoms with Crippen LogP contribution in [0.15, 0.2) is 84.9 Å². The molecule has 4 aromatic rings. The summed E-state index contributed by atoms with van der Waals surface area (Å²) in [6.45, 7) is 6.01. The van der Waals surface area contributed by atoms with E-state index < -0.39 is 5.60 Å². The molecule has 5 nitrogen and oxygen atoms in total. The number of halogens is 1. The summed E-state index contributed by atoms with van der Waals surface area (Å²) in [5.74, 6) is 0.961. The number of ether oxygens (including phenoxy) is 2. The van der Waals surface area contributed by atoms with Crippen molar-refractivity contribution in [1.82, 2.24) is 0 Å². The Morgan fingerprint density at radius 1 is 0.833 bits per heavy atom. The van der Waals surface area contributed by atoms with Gasteiger partial charge < -0.3 is 19.7 Å². The maximum atomic E-state index is 13.1. The predicted molar refractivity (Wildman–Crippen MR) is 143 cm³/mol. The Morgan fingerprint density at radius 3 is 2.31 bits per heavy atom. The molecule has 36 heavy (non-hydrogen) atoms. The second-order valence-corrected chi connectivity index (χ2v) is 9.29. The molecule has 4 aromatic carbocycles. The minimum absolute atomic E-state index is 0.338. The zero-order valence-corrected chi connectivity index (χ0v) is 20.8. The van der Waals surface area contributed by atoms with Crippen LogP contribution in [0, 0.1) is 0 Å². The SMILES string of the molecule is CCN(CC)c1ccc2c(c1)Oc1cc(Nc3ccccc3Cl)ccc1C21OC(=O)c2ccccc21. The third-order valence-corrected chi connectivity index (χ3v) is 7.31. The quantitative estimate of drug-likeness (QED) is 0.290. The standard InChI is InChI=1S/C30H25ClN2O3/c1-3-33(4-2)20-14-16-24-28(18-20)35-27-17-19(32-26-12-8-7-11-25(26)31)13-15-23(27)30(24)22-10-6-5-9-21(22)29(34)36-30/h5-18,32H,3-4H2,1-2H3. The number of hydrogen-bond donors (Lipinski definition) is 1. The molecular formula is C30H25ClN2O3. The Morgan fingerprint density at radius 2 is 1.53 bits per heavy atom. The van der Waals surface area contributed by atoms with Crippen molar-refractivity contribution in [2.24, 2.45) is 0 Å². The Bertz CT molecular complexity index is 1500. The van der Waals surface area contributed by atoms with Gasteiger partial charge in [-0.3, -0.25) is 0 Å². The number of hydrogen-bond acceptors (Lipinski definition) is 5. The molecule has 1 atom stereocenters. The fraction of sp³-hybridized carbons (Fsp3) is 0.167. The summed E-state index contributed by atoms with van der Waals surface area (Å²) in [6.07, 6.45) is 0. The molecule has 1 N–H and O–H groups in total. The molecule has 0 amide bonds. The largest absolute Gasteiger partial charge is 0.456 e. The number of carbonyl (C=O) groups is 1. The molecule has 0 bridgehead atoms. The fourth-order valence-corrected chi connectivity index (χ4v) is 5.43. The molecule has 1 unspecified atom stereocenters. The molecule has 0 aliphatic carbocycles. The van der Waals surface area contributed by atoms with Gasteiger partial charge in [0.05, 0.1) is 16.3 Å². The molecule has 2 aliphatic heterocycles. The molecule has 2 aliphatic rings. The monoisotopic (exact) mass is 496 g/mol. The Labute approximate surface area is 215 Å². The molecule has 0 fully saturated rings. The molecule has 180 valence electrons. The minimum Gasteiger partial charge on any atom is -0.456 e. The van der Waals surface area contributed by atoms with E-state index in [2.05, 4.69) is 30.1 Å². The molecule has 2 heterocycles. The average molecular weight is 497 g/mol. The van der Waals surface area contributed by atoms with Gasteiger partial charge in [0.1, 0.15) is 11.5 Å². The van der Waals surface area contributed by atoms with Gasteiger partial charge in [0.15, 0.2) is 5.60 Å². The lowest BCUT2D eigenvalue weighted by Crippen LogP contribution is -2.33. The zero-order valence-electron chi connectivity index (χ0n) is 20.0. The first-order chi connectivity index (χ1) is 17.5. The molecule has 6 heteroatoms. The number of nitrogens with one attached hydrogen (secondary N) is 1. The smallest absolute Gasteiger partial charge is 0.340 e. The Balaban J connectivity index is 1.54. The van der Waals surface area contributed by atoms with Crippen molar-refractivity contribution in [3.05, 3.63) is 112 Å². The van der Waals surface area contributed by atoms with Crippen LogP contribution in [0.4, 0.5) is 17.1 Å². The van der Waals surface area contributed by atoms with Crippen LogP contribution in [0.1, 0.15) is 40.9 Å². The number of rotatable bonds is 5. The summed E-state index contributed by atoms with van der Waals surface area (Å²) in [5, 5.41) is 4.00. The van der Waals surface area contributed by atoms with Crippen LogP contribution in [-0.4, -0.2) is 19.1 Å². The van der Waals surface area contributed by atoms with Gasteiger partial charge in [-0.2, -0.15) is 0 Å². The van der Waals surface area contributed by atoms with Gasteiger partial charge in [-0.25, -0.2) is 4.79 Å². The van der Waals surface area contributed by atoms with Crippen LogP contribution < -0.4 is 15.0 Å². The van der Waals surface area contributed by atoms with Gasteiger partial charge in [-0.1, -0.05) is 41.9 Å². The van der Waals surface area contributed by atoms with E-state index >= 15 is 0 Å². The van der Waals surface area contributed by atoms with Gasteiger partial charge in [0.2, 0.25) is 0 Å². The lowest BCUT2D eigenvalue weighted by Gasteiger charge is -2.37. The fourth-order valence-electron chi connectivity index (χ4n) is 5.25. The van der Waals surface area contributed by atoms with E-state index in [1.807, 2.05) is 78.9 Å². The highest BCUT2D eigenvalue weighted by Gasteiger charge is 2.53. The summed E-state index contributed by atoms with van der Waals surface area (Å²) in [6, 6.07) is 27.2. The number of para-hydroxylation sites is 1. The second kappa shape index (κ2) is 8.61. The topological polar surface area (TPSA) is 50.8 Å². The molecule has 0 saturated heterocycles. The second-order valence-electron chi connectivity index (χ2n) is 8.89. The summed E-state index contributed by atoms with van der Waals surface area (Å²) in [5.41, 5.74) is 4.58. The lowest BCUT2D eigenvalue weighted by atomic mass is 9.77. The van der Waals surface area contributed by atoms with Crippen LogP contribution >= 0.6 is 11.6 Å². The minimum atomic E-state index is -1.08. The van der Waals surface area contributed by atoms with E-state index in [-0.39, 0.29) is 5.97 Å². The molecule has 6 rings (SSSR count). The first-order valence-corrected chi connectivity index (χ1v) is 12.5. The molecule has 1 spiro atoms. The molecular weight excluding hydrogens is 472 g/mol. The van der Waals surface area contributed by atoms with E-state index in [0.717, 1.165) is 46.8 Å². The summed E-state index contributed by atoms with van der Waals surface area (Å²) in [7, 11) is 0. The van der Waals surface area contributed by atoms with E-state index in [9.17, 15) is 4.79 Å². The van der Waals surface area contributed by atoms with Crippen LogP contribution in [-0.2, 0) is 10.3 Å². The van der Waals surface area contributed by atoms with E-state index in [1.165, 1.54) is 0 Å². The van der Waals surface area contributed by atoms with E-state index in [1.54, 1.807) is 0 Å². The number of fused-ring (bicyclic) bond motifs is 6. The van der Waals surface area contributed by atoms with Crippen LogP contribution in [0.5, 0.6) is 11.5 Å². The van der Waals surface area contributed by atoms with Crippen LogP contribution in [0.2, 0.25) is 5.02 Å². The van der Waals surface area contributed by atoms with Crippen LogP contribution in [0.3, 0.4) is 0 Å². The average Bonchev–Trinajstić information content (AvgIpc) is 3.19. The zero-order chi connectivity index (χ0) is 24.9. The summed E-state index contributed by atoms with van der Waals surface area (Å²) >= 11 is 6.37. The normalized spacial score (nSPS) is 17.0. The summed E-state index contributed by atoms with van der Waals surface area (Å²) < 4.78 is 12.8. The third-order valence-electron chi connectivity index (χ3n) is 6.98. The van der Waals surface area contributed by atoms with Gasteiger partial charge >= 0.3 is 5.97 Å². The van der Waals surface area contributed by atoms with Crippen molar-refractivity contribution < 1.29 is 14.3 Å². The van der Waals surface area contributed by atoms with Crippen molar-refractivity contribution in [2.45, 2.75) is 19.4 Å². The lowest BCUT2D eigenvalue weighted by molar-refractivity contribution is 0.0224. The highest BCUT2D eigenvalue weighted by molar-refractivity contribution is 6.33. The Hall–Kier alpha value is -3.96. The molecule has 0 aromatic heterocycles. The third kappa shape index (κ3) is 3.34. The first-order valence-electron chi connectivity index (χ1n) is 12.1. The highest BCUT2D eigenvalue weighted by atomic mass is 35.5. The van der Waals surface area contributed by atoms with Gasteiger partial charge in [0.25, 0.3) is 0 Å². The number of anilines is 3. The molecule has 0 saturated carbocycles. The van der Waals surface area contributed by atoms with Gasteiger partial charge in [-0.05, 0) is 56.3 Å². The van der Waals surface area contributed by atoms with Crippen molar-refractivity contribution in [3.8, 4) is 11.5 Å². The Kier molecular flexibility index (Phi) is 5.38. The maximum absolute atomic E-state index is 13.1. The van der Waals surface area contributed by atoms with Crippen molar-refractivity contribution >= 4 is 34.6 Å². The summed E-state index contributed by atoms with van der Waals surface area (Å²) in [4.78, 5) is 15.3. The molecule has 0 radical (unpaired) electrons. The maximum Gasteiger partial charge on any atom is 0.340 e. The van der Waals surface area contributed by atoms with Crippen molar-refractivity contribution in [2.75, 3.05) is 23.3 Å². The van der Waals surface area contributed by atoms with Crippen LogP contribution in [0.25, 0.3) is 0 Å². The highest BCUT2D eigenvalue weighted by Crippen LogP contribution is 2.57. The van der Waals surface area contributed by atoms with Gasteiger partial charge in [0, 0.05) is 53.3 Å². The predicted octanol–water partition coefficient (Wildman–Crippen LogP) is 7.50. The number of nitrogens with zero attached hydrogens (tertiary/aromatic N) is 1. The van der Waals surface area contributed by atoms with E-state index in [4.69, 9.17) is 21.1 Å². The number of carbonyl (C=O) groups excluding carboxylic acids is 1. The first kappa shape index (κ1) is 22.5. The van der Waals surface area contributed by atoms with E-state index in [0.29, 0.717) is 22.1 Å². The number of benzene rings is 4. The van der Waals surface area contributed by atoms with Crippen molar-refractivity contribution in [3.63, 3.8) is 0 Å².